The molecule has 0 radical (unpaired) electrons. The maximum Gasteiger partial charge on any atom is 0.119 e. The molecule has 1 heterocycles. The zero-order valence-electron chi connectivity index (χ0n) is 11.1. The largest absolute Gasteiger partial charge is 0.497 e. The lowest BCUT2D eigenvalue weighted by Crippen LogP contribution is -2.32. The van der Waals surface area contributed by atoms with E-state index < -0.39 is 5.60 Å². The molecule has 0 amide bonds. The molecule has 3 rings (SSSR count). The van der Waals surface area contributed by atoms with E-state index in [4.69, 9.17) is 4.74 Å². The Kier molecular flexibility index (Phi) is 2.83. The summed E-state index contributed by atoms with van der Waals surface area (Å²) in [5, 5.41) is 10.9. The molecule has 1 aliphatic heterocycles. The lowest BCUT2D eigenvalue weighted by molar-refractivity contribution is 0.0445. The van der Waals surface area contributed by atoms with Crippen LogP contribution in [0.2, 0.25) is 0 Å². The molecule has 18 heavy (non-hydrogen) atoms. The zero-order valence-corrected chi connectivity index (χ0v) is 11.1. The van der Waals surface area contributed by atoms with Gasteiger partial charge in [-0.15, -0.1) is 0 Å². The average Bonchev–Trinajstić information content (AvgIpc) is 3.13. The molecule has 2 aliphatic rings. The summed E-state index contributed by atoms with van der Waals surface area (Å²) in [4.78, 5) is 2.43. The van der Waals surface area contributed by atoms with Gasteiger partial charge in [-0.1, -0.05) is 6.07 Å². The van der Waals surface area contributed by atoms with Crippen molar-refractivity contribution in [2.24, 2.45) is 0 Å². The van der Waals surface area contributed by atoms with Crippen molar-refractivity contribution >= 4 is 0 Å². The summed E-state index contributed by atoms with van der Waals surface area (Å²) >= 11 is 0. The second-order valence-corrected chi connectivity index (χ2v) is 5.66. The highest BCUT2D eigenvalue weighted by atomic mass is 16.5. The number of hydrogen-bond acceptors (Lipinski definition) is 3. The van der Waals surface area contributed by atoms with Gasteiger partial charge in [0.2, 0.25) is 0 Å². The van der Waals surface area contributed by atoms with E-state index >= 15 is 0 Å². The van der Waals surface area contributed by atoms with Gasteiger partial charge in [0, 0.05) is 19.1 Å². The van der Waals surface area contributed by atoms with Gasteiger partial charge in [0.1, 0.15) is 11.4 Å². The van der Waals surface area contributed by atoms with Crippen molar-refractivity contribution in [3.63, 3.8) is 0 Å². The molecular weight excluding hydrogens is 226 g/mol. The fourth-order valence-electron chi connectivity index (χ4n) is 3.08. The van der Waals surface area contributed by atoms with E-state index in [9.17, 15) is 5.11 Å². The summed E-state index contributed by atoms with van der Waals surface area (Å²) in [6, 6.07) is 6.70. The lowest BCUT2D eigenvalue weighted by Gasteiger charge is -2.26. The predicted molar refractivity (Wildman–Crippen MR) is 70.8 cm³/mol. The van der Waals surface area contributed by atoms with E-state index in [-0.39, 0.29) is 0 Å². The zero-order chi connectivity index (χ0) is 12.8. The van der Waals surface area contributed by atoms with E-state index in [2.05, 4.69) is 11.8 Å². The Bertz CT molecular complexity index is 456. The number of aryl methyl sites for hydroxylation is 1. The highest BCUT2D eigenvalue weighted by Gasteiger charge is 2.43. The topological polar surface area (TPSA) is 32.7 Å². The van der Waals surface area contributed by atoms with Crippen molar-refractivity contribution in [3.05, 3.63) is 29.3 Å². The van der Waals surface area contributed by atoms with Crippen LogP contribution < -0.4 is 4.74 Å². The van der Waals surface area contributed by atoms with Gasteiger partial charge >= 0.3 is 0 Å². The van der Waals surface area contributed by atoms with E-state index in [0.29, 0.717) is 0 Å². The minimum atomic E-state index is -0.668. The molecule has 1 saturated heterocycles. The number of hydrogen-bond donors (Lipinski definition) is 1. The van der Waals surface area contributed by atoms with Crippen molar-refractivity contribution < 1.29 is 9.84 Å². The fraction of sp³-hybridized carbons (Fsp3) is 0.600. The molecule has 3 heteroatoms. The second kappa shape index (κ2) is 4.25. The predicted octanol–water partition coefficient (Wildman–Crippen LogP) is 2.06. The molecule has 1 unspecified atom stereocenters. The summed E-state index contributed by atoms with van der Waals surface area (Å²) in [5.41, 5.74) is 1.51. The van der Waals surface area contributed by atoms with E-state index in [0.717, 1.165) is 42.4 Å². The van der Waals surface area contributed by atoms with Crippen molar-refractivity contribution in [1.82, 2.24) is 4.90 Å². The van der Waals surface area contributed by atoms with Gasteiger partial charge in [-0.25, -0.2) is 0 Å². The molecule has 98 valence electrons. The molecule has 0 bridgehead atoms. The third-order valence-corrected chi connectivity index (χ3v) is 4.28. The van der Waals surface area contributed by atoms with E-state index in [1.165, 1.54) is 12.8 Å². The minimum absolute atomic E-state index is 0.668. The first-order valence-electron chi connectivity index (χ1n) is 6.74. The van der Waals surface area contributed by atoms with Crippen LogP contribution in [0.15, 0.2) is 18.2 Å². The first-order chi connectivity index (χ1) is 8.62. The highest BCUT2D eigenvalue weighted by molar-refractivity contribution is 5.39. The molecule has 1 aromatic rings. The Morgan fingerprint density at radius 1 is 1.39 bits per heavy atom. The Hall–Kier alpha value is -1.06. The van der Waals surface area contributed by atoms with Gasteiger partial charge in [-0.2, -0.15) is 0 Å². The maximum absolute atomic E-state index is 10.9. The molecule has 1 N–H and O–H groups in total. The summed E-state index contributed by atoms with van der Waals surface area (Å²) < 4.78 is 5.22. The number of rotatable bonds is 3. The SMILES string of the molecule is COc1ccc(C2(O)CCN(C3CC3)C2)c(C)c1. The van der Waals surface area contributed by atoms with Crippen LogP contribution in [-0.4, -0.2) is 36.2 Å². The molecule has 2 fully saturated rings. The number of aliphatic hydroxyl groups is 1. The number of ether oxygens (including phenoxy) is 1. The Morgan fingerprint density at radius 2 is 2.17 bits per heavy atom. The quantitative estimate of drug-likeness (QED) is 0.887. The number of methoxy groups -OCH3 is 1. The van der Waals surface area contributed by atoms with Crippen molar-refractivity contribution in [1.29, 1.82) is 0 Å². The fourth-order valence-corrected chi connectivity index (χ4v) is 3.08. The van der Waals surface area contributed by atoms with Crippen molar-refractivity contribution in [2.75, 3.05) is 20.2 Å². The third-order valence-electron chi connectivity index (χ3n) is 4.28. The lowest BCUT2D eigenvalue weighted by atomic mass is 9.89. The van der Waals surface area contributed by atoms with Crippen molar-refractivity contribution in [3.8, 4) is 5.75 Å². The Morgan fingerprint density at radius 3 is 2.78 bits per heavy atom. The highest BCUT2D eigenvalue weighted by Crippen LogP contribution is 2.39. The summed E-state index contributed by atoms with van der Waals surface area (Å²) in [5.74, 6) is 0.858. The number of β-amino-alcohol motifs (C(OH)–C–C–N with tert-alkyl or cyclic N) is 1. The molecule has 1 atom stereocenters. The third kappa shape index (κ3) is 2.02. The molecule has 3 nitrogen and oxygen atoms in total. The molecule has 1 aromatic carbocycles. The number of benzene rings is 1. The van der Waals surface area contributed by atoms with Crippen LogP contribution >= 0.6 is 0 Å². The van der Waals surface area contributed by atoms with E-state index in [1.807, 2.05) is 18.2 Å². The first-order valence-corrected chi connectivity index (χ1v) is 6.74. The van der Waals surface area contributed by atoms with Crippen LogP contribution in [-0.2, 0) is 5.60 Å². The van der Waals surface area contributed by atoms with Crippen LogP contribution in [0, 0.1) is 6.92 Å². The summed E-state index contributed by atoms with van der Waals surface area (Å²) in [6.45, 7) is 3.85. The Labute approximate surface area is 108 Å². The monoisotopic (exact) mass is 247 g/mol. The molecule has 0 spiro atoms. The summed E-state index contributed by atoms with van der Waals surface area (Å²) in [7, 11) is 1.67. The average molecular weight is 247 g/mol. The second-order valence-electron chi connectivity index (χ2n) is 5.66. The Balaban J connectivity index is 1.85. The molecule has 1 saturated carbocycles. The smallest absolute Gasteiger partial charge is 0.119 e. The first kappa shape index (κ1) is 12.0. The van der Waals surface area contributed by atoms with E-state index in [1.54, 1.807) is 7.11 Å². The van der Waals surface area contributed by atoms with Gasteiger partial charge in [0.05, 0.1) is 7.11 Å². The van der Waals surface area contributed by atoms with Crippen LogP contribution in [0.3, 0.4) is 0 Å². The molecule has 1 aliphatic carbocycles. The normalized spacial score (nSPS) is 28.6. The van der Waals surface area contributed by atoms with Crippen LogP contribution in [0.25, 0.3) is 0 Å². The maximum atomic E-state index is 10.9. The van der Waals surface area contributed by atoms with Crippen LogP contribution in [0.4, 0.5) is 0 Å². The van der Waals surface area contributed by atoms with Gasteiger partial charge in [0.15, 0.2) is 0 Å². The molecular formula is C15H21NO2. The number of nitrogens with zero attached hydrogens (tertiary/aromatic N) is 1. The molecule has 0 aromatic heterocycles. The number of likely N-dealkylation sites (tertiary alicyclic amines) is 1. The van der Waals surface area contributed by atoms with Gasteiger partial charge in [-0.3, -0.25) is 4.90 Å². The van der Waals surface area contributed by atoms with Crippen molar-refractivity contribution in [2.45, 2.75) is 37.8 Å². The summed E-state index contributed by atoms with van der Waals surface area (Å²) in [6.07, 6.45) is 3.45. The van der Waals surface area contributed by atoms with Gasteiger partial charge in [-0.05, 0) is 49.4 Å². The van der Waals surface area contributed by atoms with Gasteiger partial charge < -0.3 is 9.84 Å². The van der Waals surface area contributed by atoms with Crippen LogP contribution in [0.1, 0.15) is 30.4 Å². The minimum Gasteiger partial charge on any atom is -0.497 e. The van der Waals surface area contributed by atoms with Crippen LogP contribution in [0.5, 0.6) is 5.75 Å². The van der Waals surface area contributed by atoms with Gasteiger partial charge in [0.25, 0.3) is 0 Å². The standard InChI is InChI=1S/C15H21NO2/c1-11-9-13(18-2)5-6-14(11)15(17)7-8-16(10-15)12-3-4-12/h5-6,9,12,17H,3-4,7-8,10H2,1-2H3.